The summed E-state index contributed by atoms with van der Waals surface area (Å²) in [6.45, 7) is 13.2. The fraction of sp³-hybridized carbons (Fsp3) is 1.00. The van der Waals surface area contributed by atoms with E-state index in [-0.39, 0.29) is 0 Å². The summed E-state index contributed by atoms with van der Waals surface area (Å²) in [5.74, 6) is 0. The molecule has 0 saturated carbocycles. The highest BCUT2D eigenvalue weighted by molar-refractivity contribution is 4.69. The van der Waals surface area contributed by atoms with Crippen molar-refractivity contribution in [2.24, 2.45) is 0 Å². The van der Waals surface area contributed by atoms with Crippen molar-refractivity contribution in [3.63, 3.8) is 0 Å². The predicted molar refractivity (Wildman–Crippen MR) is 75.6 cm³/mol. The Morgan fingerprint density at radius 1 is 1.18 bits per heavy atom. The van der Waals surface area contributed by atoms with Crippen LogP contribution in [0, 0.1) is 0 Å². The topological polar surface area (TPSA) is 24.5 Å². The van der Waals surface area contributed by atoms with Gasteiger partial charge in [0.2, 0.25) is 0 Å². The summed E-state index contributed by atoms with van der Waals surface area (Å²) < 4.78 is 5.18. The van der Waals surface area contributed by atoms with Crippen molar-refractivity contribution in [1.82, 2.24) is 10.2 Å². The largest absolute Gasteiger partial charge is 0.383 e. The van der Waals surface area contributed by atoms with E-state index in [2.05, 4.69) is 37.9 Å². The van der Waals surface area contributed by atoms with Crippen LogP contribution in [0.25, 0.3) is 0 Å². The summed E-state index contributed by atoms with van der Waals surface area (Å²) in [5.41, 5.74) is 0. The van der Waals surface area contributed by atoms with Crippen molar-refractivity contribution in [2.75, 3.05) is 33.4 Å². The van der Waals surface area contributed by atoms with E-state index >= 15 is 0 Å². The molecule has 0 radical (unpaired) electrons. The van der Waals surface area contributed by atoms with Crippen LogP contribution < -0.4 is 5.32 Å². The Kier molecular flexibility index (Phi) is 10.9. The first kappa shape index (κ1) is 16.9. The highest BCUT2D eigenvalue weighted by atomic mass is 16.5. The lowest BCUT2D eigenvalue weighted by molar-refractivity contribution is 0.120. The second-order valence-electron chi connectivity index (χ2n) is 4.93. The van der Waals surface area contributed by atoms with Crippen molar-refractivity contribution in [3.05, 3.63) is 0 Å². The highest BCUT2D eigenvalue weighted by Crippen LogP contribution is 2.05. The molecule has 0 aromatic carbocycles. The Bertz CT molecular complexity index is 164. The van der Waals surface area contributed by atoms with Gasteiger partial charge in [-0.25, -0.2) is 0 Å². The predicted octanol–water partition coefficient (Wildman–Crippen LogP) is 2.51. The number of ether oxygens (including phenoxy) is 1. The van der Waals surface area contributed by atoms with Crippen molar-refractivity contribution in [1.29, 1.82) is 0 Å². The smallest absolute Gasteiger partial charge is 0.0589 e. The molecule has 0 saturated heterocycles. The van der Waals surface area contributed by atoms with Gasteiger partial charge < -0.3 is 10.1 Å². The molecule has 3 heteroatoms. The molecule has 17 heavy (non-hydrogen) atoms. The zero-order valence-corrected chi connectivity index (χ0v) is 12.5. The van der Waals surface area contributed by atoms with E-state index in [1.807, 2.05) is 0 Å². The molecule has 0 bridgehead atoms. The van der Waals surface area contributed by atoms with Crippen LogP contribution in [-0.4, -0.2) is 50.3 Å². The molecular weight excluding hydrogens is 212 g/mol. The van der Waals surface area contributed by atoms with Gasteiger partial charge in [-0.3, -0.25) is 4.90 Å². The molecule has 2 unspecified atom stereocenters. The fourth-order valence-electron chi connectivity index (χ4n) is 1.87. The van der Waals surface area contributed by atoms with Crippen LogP contribution in [-0.2, 0) is 4.74 Å². The minimum absolute atomic E-state index is 0.615. The zero-order chi connectivity index (χ0) is 13.1. The van der Waals surface area contributed by atoms with Gasteiger partial charge in [0.25, 0.3) is 0 Å². The molecule has 0 fully saturated rings. The van der Waals surface area contributed by atoms with Gasteiger partial charge in [-0.15, -0.1) is 0 Å². The van der Waals surface area contributed by atoms with E-state index < -0.39 is 0 Å². The van der Waals surface area contributed by atoms with Crippen LogP contribution in [0.2, 0.25) is 0 Å². The molecule has 0 aliphatic carbocycles. The molecular formula is C14H32N2O. The average Bonchev–Trinajstić information content (AvgIpc) is 2.35. The molecule has 0 aliphatic heterocycles. The van der Waals surface area contributed by atoms with Gasteiger partial charge >= 0.3 is 0 Å². The van der Waals surface area contributed by atoms with Crippen molar-refractivity contribution >= 4 is 0 Å². The summed E-state index contributed by atoms with van der Waals surface area (Å²) in [6, 6.07) is 1.27. The molecule has 0 heterocycles. The monoisotopic (exact) mass is 244 g/mol. The quantitative estimate of drug-likeness (QED) is 0.604. The van der Waals surface area contributed by atoms with E-state index in [4.69, 9.17) is 4.74 Å². The number of hydrogen-bond acceptors (Lipinski definition) is 3. The first-order chi connectivity index (χ1) is 8.15. The summed E-state index contributed by atoms with van der Waals surface area (Å²) >= 11 is 0. The summed E-state index contributed by atoms with van der Waals surface area (Å²) in [5, 5.41) is 3.54. The standard InChI is InChI=1S/C14H32N2O/c1-6-9-15-13(3)8-10-16(11-12-17-5)14(4)7-2/h13-15H,6-12H2,1-5H3. The van der Waals surface area contributed by atoms with Gasteiger partial charge in [-0.1, -0.05) is 13.8 Å². The molecule has 0 amide bonds. The van der Waals surface area contributed by atoms with Gasteiger partial charge in [-0.2, -0.15) is 0 Å². The second-order valence-corrected chi connectivity index (χ2v) is 4.93. The lowest BCUT2D eigenvalue weighted by atomic mass is 10.1. The maximum atomic E-state index is 5.18. The molecule has 0 aromatic rings. The molecule has 2 atom stereocenters. The zero-order valence-electron chi connectivity index (χ0n) is 12.5. The lowest BCUT2D eigenvalue weighted by Crippen LogP contribution is -2.39. The van der Waals surface area contributed by atoms with Gasteiger partial charge in [0, 0.05) is 25.7 Å². The van der Waals surface area contributed by atoms with Crippen LogP contribution in [0.3, 0.4) is 0 Å². The fourth-order valence-corrected chi connectivity index (χ4v) is 1.87. The van der Waals surface area contributed by atoms with E-state index in [1.54, 1.807) is 7.11 Å². The van der Waals surface area contributed by atoms with Gasteiger partial charge in [0.05, 0.1) is 6.61 Å². The lowest BCUT2D eigenvalue weighted by Gasteiger charge is -2.29. The van der Waals surface area contributed by atoms with E-state index in [0.717, 1.165) is 26.2 Å². The third-order valence-electron chi connectivity index (χ3n) is 3.39. The third-order valence-corrected chi connectivity index (χ3v) is 3.39. The van der Waals surface area contributed by atoms with E-state index in [9.17, 15) is 0 Å². The summed E-state index contributed by atoms with van der Waals surface area (Å²) in [6.07, 6.45) is 3.64. The van der Waals surface area contributed by atoms with Crippen LogP contribution in [0.5, 0.6) is 0 Å². The maximum Gasteiger partial charge on any atom is 0.0589 e. The van der Waals surface area contributed by atoms with Crippen LogP contribution >= 0.6 is 0 Å². The van der Waals surface area contributed by atoms with Crippen molar-refractivity contribution in [3.8, 4) is 0 Å². The van der Waals surface area contributed by atoms with Gasteiger partial charge in [-0.05, 0) is 46.2 Å². The Morgan fingerprint density at radius 2 is 1.88 bits per heavy atom. The van der Waals surface area contributed by atoms with Crippen LogP contribution in [0.15, 0.2) is 0 Å². The molecule has 104 valence electrons. The molecule has 0 aromatic heterocycles. The Balaban J connectivity index is 3.88. The number of methoxy groups -OCH3 is 1. The van der Waals surface area contributed by atoms with Gasteiger partial charge in [0.15, 0.2) is 0 Å². The van der Waals surface area contributed by atoms with Gasteiger partial charge in [0.1, 0.15) is 0 Å². The number of hydrogen-bond donors (Lipinski definition) is 1. The van der Waals surface area contributed by atoms with Crippen molar-refractivity contribution in [2.45, 2.75) is 59.0 Å². The maximum absolute atomic E-state index is 5.18. The highest BCUT2D eigenvalue weighted by Gasteiger charge is 2.12. The summed E-state index contributed by atoms with van der Waals surface area (Å²) in [4.78, 5) is 2.54. The Labute approximate surface area is 108 Å². The van der Waals surface area contributed by atoms with Crippen LogP contribution in [0.1, 0.15) is 47.0 Å². The Morgan fingerprint density at radius 3 is 2.41 bits per heavy atom. The number of rotatable bonds is 11. The average molecular weight is 244 g/mol. The van der Waals surface area contributed by atoms with E-state index in [0.29, 0.717) is 12.1 Å². The number of nitrogens with one attached hydrogen (secondary N) is 1. The number of nitrogens with zero attached hydrogens (tertiary/aromatic N) is 1. The first-order valence-corrected chi connectivity index (χ1v) is 7.12. The van der Waals surface area contributed by atoms with Crippen LogP contribution in [0.4, 0.5) is 0 Å². The Hall–Kier alpha value is -0.120. The third kappa shape index (κ3) is 8.58. The minimum atomic E-state index is 0.615. The SMILES string of the molecule is CCCNC(C)CCN(CCOC)C(C)CC. The minimum Gasteiger partial charge on any atom is -0.383 e. The van der Waals surface area contributed by atoms with E-state index in [1.165, 1.54) is 19.3 Å². The normalized spacial score (nSPS) is 15.2. The molecule has 0 rings (SSSR count). The first-order valence-electron chi connectivity index (χ1n) is 7.12. The second kappa shape index (κ2) is 11.0. The van der Waals surface area contributed by atoms with Crippen molar-refractivity contribution < 1.29 is 4.74 Å². The molecule has 1 N–H and O–H groups in total. The summed E-state index contributed by atoms with van der Waals surface area (Å²) in [7, 11) is 1.78. The molecule has 0 aliphatic rings. The molecule has 3 nitrogen and oxygen atoms in total. The molecule has 0 spiro atoms.